The van der Waals surface area contributed by atoms with Crippen molar-refractivity contribution in [3.8, 4) is 11.6 Å². The molecule has 0 saturated heterocycles. The van der Waals surface area contributed by atoms with Gasteiger partial charge in [0.15, 0.2) is 0 Å². The average Bonchev–Trinajstić information content (AvgIpc) is 2.69. The molecule has 0 atom stereocenters. The van der Waals surface area contributed by atoms with Gasteiger partial charge in [0.25, 0.3) is 15.9 Å². The van der Waals surface area contributed by atoms with Crippen molar-refractivity contribution >= 4 is 26.9 Å². The van der Waals surface area contributed by atoms with E-state index in [0.29, 0.717) is 30.0 Å². The van der Waals surface area contributed by atoms with Gasteiger partial charge in [0.05, 0.1) is 29.1 Å². The number of ether oxygens (including phenoxy) is 2. The Morgan fingerprint density at radius 1 is 0.929 bits per heavy atom. The average molecular weight is 401 g/mol. The third-order valence-electron chi connectivity index (χ3n) is 3.95. The Labute approximate surface area is 164 Å². The van der Waals surface area contributed by atoms with Gasteiger partial charge in [-0.1, -0.05) is 25.5 Å². The SMILES string of the molecule is CCCCOc1nc2ccccc2nc1NS(=O)(=O)c1ccc(OCC)cc1. The molecular formula is C20H23N3O4S. The van der Waals surface area contributed by atoms with E-state index >= 15 is 0 Å². The number of benzene rings is 2. The fourth-order valence-corrected chi connectivity index (χ4v) is 3.53. The quantitative estimate of drug-likeness (QED) is 0.545. The lowest BCUT2D eigenvalue weighted by Gasteiger charge is -2.13. The second-order valence-electron chi connectivity index (χ2n) is 6.08. The first-order valence-electron chi connectivity index (χ1n) is 9.18. The first kappa shape index (κ1) is 19.9. The molecule has 28 heavy (non-hydrogen) atoms. The first-order valence-corrected chi connectivity index (χ1v) is 10.7. The normalized spacial score (nSPS) is 11.4. The molecule has 8 heteroatoms. The van der Waals surface area contributed by atoms with Crippen LogP contribution in [0.15, 0.2) is 53.4 Å². The second kappa shape index (κ2) is 8.88. The van der Waals surface area contributed by atoms with Crippen LogP contribution in [-0.4, -0.2) is 31.6 Å². The zero-order chi connectivity index (χ0) is 20.0. The van der Waals surface area contributed by atoms with Crippen molar-refractivity contribution in [1.29, 1.82) is 0 Å². The molecule has 1 aromatic heterocycles. The van der Waals surface area contributed by atoms with Crippen LogP contribution in [0.3, 0.4) is 0 Å². The second-order valence-corrected chi connectivity index (χ2v) is 7.76. The number of aromatic nitrogens is 2. The standard InChI is InChI=1S/C20H23N3O4S/c1-3-5-14-27-20-19(21-17-8-6-7-9-18(17)22-20)23-28(24,25)16-12-10-15(11-13-16)26-4-2/h6-13H,3-5,14H2,1-2H3,(H,21,23). The van der Waals surface area contributed by atoms with Gasteiger partial charge in [0.1, 0.15) is 5.75 Å². The maximum Gasteiger partial charge on any atom is 0.263 e. The lowest BCUT2D eigenvalue weighted by atomic mass is 10.3. The fourth-order valence-electron chi connectivity index (χ4n) is 2.53. The molecule has 0 unspecified atom stereocenters. The highest BCUT2D eigenvalue weighted by atomic mass is 32.2. The van der Waals surface area contributed by atoms with Gasteiger partial charge in [-0.25, -0.2) is 18.4 Å². The van der Waals surface area contributed by atoms with Crippen molar-refractivity contribution in [2.45, 2.75) is 31.6 Å². The monoisotopic (exact) mass is 401 g/mol. The van der Waals surface area contributed by atoms with Crippen molar-refractivity contribution in [3.63, 3.8) is 0 Å². The van der Waals surface area contributed by atoms with Crippen LogP contribution < -0.4 is 14.2 Å². The number of para-hydroxylation sites is 2. The van der Waals surface area contributed by atoms with Crippen molar-refractivity contribution in [3.05, 3.63) is 48.5 Å². The number of hydrogen-bond acceptors (Lipinski definition) is 6. The van der Waals surface area contributed by atoms with Gasteiger partial charge < -0.3 is 9.47 Å². The van der Waals surface area contributed by atoms with E-state index in [-0.39, 0.29) is 16.6 Å². The van der Waals surface area contributed by atoms with E-state index in [1.165, 1.54) is 12.1 Å². The van der Waals surface area contributed by atoms with E-state index in [0.717, 1.165) is 12.8 Å². The molecule has 0 aliphatic rings. The highest BCUT2D eigenvalue weighted by Gasteiger charge is 2.19. The molecule has 0 fully saturated rings. The van der Waals surface area contributed by atoms with Crippen LogP contribution in [0.4, 0.5) is 5.82 Å². The van der Waals surface area contributed by atoms with Crippen LogP contribution in [0, 0.1) is 0 Å². The van der Waals surface area contributed by atoms with Gasteiger partial charge in [-0.15, -0.1) is 0 Å². The van der Waals surface area contributed by atoms with Crippen molar-refractivity contribution in [2.75, 3.05) is 17.9 Å². The minimum absolute atomic E-state index is 0.0729. The molecule has 2 aromatic carbocycles. The molecule has 0 amide bonds. The molecule has 0 radical (unpaired) electrons. The Morgan fingerprint density at radius 3 is 2.25 bits per heavy atom. The largest absolute Gasteiger partial charge is 0.494 e. The number of nitrogens with one attached hydrogen (secondary N) is 1. The van der Waals surface area contributed by atoms with Gasteiger partial charge in [-0.3, -0.25) is 4.72 Å². The van der Waals surface area contributed by atoms with Crippen molar-refractivity contribution < 1.29 is 17.9 Å². The molecule has 1 N–H and O–H groups in total. The number of nitrogens with zero attached hydrogens (tertiary/aromatic N) is 2. The fraction of sp³-hybridized carbons (Fsp3) is 0.300. The number of unbranched alkanes of at least 4 members (excludes halogenated alkanes) is 1. The van der Waals surface area contributed by atoms with E-state index in [4.69, 9.17) is 9.47 Å². The molecule has 148 valence electrons. The van der Waals surface area contributed by atoms with Crippen LogP contribution in [-0.2, 0) is 10.0 Å². The number of sulfonamides is 1. The number of anilines is 1. The third kappa shape index (κ3) is 4.69. The van der Waals surface area contributed by atoms with Gasteiger partial charge in [-0.2, -0.15) is 0 Å². The topological polar surface area (TPSA) is 90.4 Å². The summed E-state index contributed by atoms with van der Waals surface area (Å²) in [5.74, 6) is 0.848. The van der Waals surface area contributed by atoms with Crippen LogP contribution in [0.25, 0.3) is 11.0 Å². The molecule has 0 bridgehead atoms. The predicted octanol–water partition coefficient (Wildman–Crippen LogP) is 4.01. The summed E-state index contributed by atoms with van der Waals surface area (Å²) in [7, 11) is -3.85. The van der Waals surface area contributed by atoms with Crippen LogP contribution in [0.1, 0.15) is 26.7 Å². The molecule has 7 nitrogen and oxygen atoms in total. The van der Waals surface area contributed by atoms with E-state index in [1.54, 1.807) is 24.3 Å². The van der Waals surface area contributed by atoms with Gasteiger partial charge in [-0.05, 0) is 49.7 Å². The first-order chi connectivity index (χ1) is 13.5. The summed E-state index contributed by atoms with van der Waals surface area (Å²) >= 11 is 0. The smallest absolute Gasteiger partial charge is 0.263 e. The van der Waals surface area contributed by atoms with Crippen LogP contribution in [0.5, 0.6) is 11.6 Å². The Morgan fingerprint density at radius 2 is 1.61 bits per heavy atom. The summed E-state index contributed by atoms with van der Waals surface area (Å²) in [6, 6.07) is 13.4. The van der Waals surface area contributed by atoms with Gasteiger partial charge in [0, 0.05) is 0 Å². The highest BCUT2D eigenvalue weighted by Crippen LogP contribution is 2.27. The molecule has 3 rings (SSSR count). The third-order valence-corrected chi connectivity index (χ3v) is 5.31. The number of fused-ring (bicyclic) bond motifs is 1. The highest BCUT2D eigenvalue weighted by molar-refractivity contribution is 7.92. The minimum Gasteiger partial charge on any atom is -0.494 e. The van der Waals surface area contributed by atoms with E-state index in [9.17, 15) is 8.42 Å². The van der Waals surface area contributed by atoms with Crippen LogP contribution in [0.2, 0.25) is 0 Å². The maximum atomic E-state index is 12.8. The summed E-state index contributed by atoms with van der Waals surface area (Å²) in [5.41, 5.74) is 1.22. The van der Waals surface area contributed by atoms with E-state index in [1.807, 2.05) is 26.0 Å². The molecule has 0 aliphatic heterocycles. The zero-order valence-electron chi connectivity index (χ0n) is 15.9. The predicted molar refractivity (Wildman–Crippen MR) is 108 cm³/mol. The minimum atomic E-state index is -3.85. The van der Waals surface area contributed by atoms with E-state index in [2.05, 4.69) is 14.7 Å². The Hall–Kier alpha value is -2.87. The Bertz CT molecular complexity index is 1040. The summed E-state index contributed by atoms with van der Waals surface area (Å²) in [6.07, 6.45) is 1.79. The lowest BCUT2D eigenvalue weighted by Crippen LogP contribution is -2.16. The van der Waals surface area contributed by atoms with E-state index < -0.39 is 10.0 Å². The molecule has 1 heterocycles. The summed E-state index contributed by atoms with van der Waals surface area (Å²) in [4.78, 5) is 8.94. The maximum absolute atomic E-state index is 12.8. The summed E-state index contributed by atoms with van der Waals surface area (Å²) in [6.45, 7) is 4.85. The summed E-state index contributed by atoms with van der Waals surface area (Å²) < 4.78 is 39.2. The Kier molecular flexibility index (Phi) is 6.30. The zero-order valence-corrected chi connectivity index (χ0v) is 16.7. The molecule has 0 spiro atoms. The summed E-state index contributed by atoms with van der Waals surface area (Å²) in [5, 5.41) is 0. The number of rotatable bonds is 9. The van der Waals surface area contributed by atoms with Crippen molar-refractivity contribution in [2.24, 2.45) is 0 Å². The Balaban J connectivity index is 1.93. The molecular weight excluding hydrogens is 378 g/mol. The van der Waals surface area contributed by atoms with Gasteiger partial charge in [0.2, 0.25) is 5.82 Å². The molecule has 0 saturated carbocycles. The number of hydrogen-bond donors (Lipinski definition) is 1. The molecule has 0 aliphatic carbocycles. The molecule has 3 aromatic rings. The van der Waals surface area contributed by atoms with Gasteiger partial charge >= 0.3 is 0 Å². The van der Waals surface area contributed by atoms with Crippen LogP contribution >= 0.6 is 0 Å². The van der Waals surface area contributed by atoms with Crippen molar-refractivity contribution in [1.82, 2.24) is 9.97 Å². The lowest BCUT2D eigenvalue weighted by molar-refractivity contribution is 0.299.